The molecule has 2 heteroatoms. The fourth-order valence-electron chi connectivity index (χ4n) is 1.69. The highest BCUT2D eigenvalue weighted by Gasteiger charge is 2.46. The number of Topliss-reactive ketones (excluding diaryl/α,β-unsaturated/α-hetero) is 2. The molecule has 0 amide bonds. The molecule has 1 aliphatic rings. The Labute approximate surface area is 79.0 Å². The Morgan fingerprint density at radius 1 is 1.08 bits per heavy atom. The summed E-state index contributed by atoms with van der Waals surface area (Å²) >= 11 is 0. The molecule has 72 valence electrons. The average molecular weight is 180 g/mol. The third-order valence-corrected chi connectivity index (χ3v) is 3.61. The number of carbonyl (C=O) groups is 2. The Hall–Kier alpha value is -0.920. The van der Waals surface area contributed by atoms with E-state index in [1.165, 1.54) is 0 Å². The SMILES string of the molecule is C=C1C(=O)C(C)C(C)(C)C(C)C1=O. The summed E-state index contributed by atoms with van der Waals surface area (Å²) in [6.07, 6.45) is 0. The lowest BCUT2D eigenvalue weighted by atomic mass is 9.61. The van der Waals surface area contributed by atoms with Gasteiger partial charge in [-0.3, -0.25) is 9.59 Å². The number of rotatable bonds is 0. The van der Waals surface area contributed by atoms with Crippen molar-refractivity contribution in [1.82, 2.24) is 0 Å². The predicted octanol–water partition coefficient (Wildman–Crippen LogP) is 1.99. The highest BCUT2D eigenvalue weighted by atomic mass is 16.2. The zero-order valence-corrected chi connectivity index (χ0v) is 8.68. The quantitative estimate of drug-likeness (QED) is 0.422. The van der Waals surface area contributed by atoms with E-state index in [1.54, 1.807) is 0 Å². The molecule has 2 atom stereocenters. The molecule has 0 bridgehead atoms. The number of allylic oxidation sites excluding steroid dienone is 1. The van der Waals surface area contributed by atoms with Crippen LogP contribution in [0.1, 0.15) is 27.7 Å². The van der Waals surface area contributed by atoms with Crippen molar-refractivity contribution in [3.8, 4) is 0 Å². The lowest BCUT2D eigenvalue weighted by Gasteiger charge is -2.40. The zero-order valence-electron chi connectivity index (χ0n) is 8.68. The van der Waals surface area contributed by atoms with Gasteiger partial charge in [0.15, 0.2) is 11.6 Å². The molecule has 0 aromatic carbocycles. The monoisotopic (exact) mass is 180 g/mol. The van der Waals surface area contributed by atoms with E-state index >= 15 is 0 Å². The van der Waals surface area contributed by atoms with E-state index in [4.69, 9.17) is 0 Å². The van der Waals surface area contributed by atoms with Crippen molar-refractivity contribution in [2.24, 2.45) is 17.3 Å². The van der Waals surface area contributed by atoms with Gasteiger partial charge in [0.2, 0.25) is 0 Å². The van der Waals surface area contributed by atoms with Gasteiger partial charge in [-0.05, 0) is 5.41 Å². The second kappa shape index (κ2) is 2.79. The average Bonchev–Trinajstić information content (AvgIpc) is 2.09. The van der Waals surface area contributed by atoms with Crippen LogP contribution in [-0.4, -0.2) is 11.6 Å². The first-order valence-electron chi connectivity index (χ1n) is 4.57. The van der Waals surface area contributed by atoms with Crippen LogP contribution in [0.3, 0.4) is 0 Å². The van der Waals surface area contributed by atoms with Crippen LogP contribution in [0.4, 0.5) is 0 Å². The molecule has 2 nitrogen and oxygen atoms in total. The Balaban J connectivity index is 3.14. The number of ketones is 2. The second-order valence-electron chi connectivity index (χ2n) is 4.47. The lowest BCUT2D eigenvalue weighted by molar-refractivity contribution is -0.136. The molecular formula is C11H16O2. The Morgan fingerprint density at radius 3 is 1.69 bits per heavy atom. The molecule has 1 rings (SSSR count). The van der Waals surface area contributed by atoms with E-state index < -0.39 is 0 Å². The highest BCUT2D eigenvalue weighted by Crippen LogP contribution is 2.42. The third kappa shape index (κ3) is 1.25. The van der Waals surface area contributed by atoms with Crippen molar-refractivity contribution in [2.45, 2.75) is 27.7 Å². The third-order valence-electron chi connectivity index (χ3n) is 3.61. The molecule has 0 aromatic heterocycles. The fourth-order valence-corrected chi connectivity index (χ4v) is 1.69. The summed E-state index contributed by atoms with van der Waals surface area (Å²) in [7, 11) is 0. The van der Waals surface area contributed by atoms with Gasteiger partial charge in [0, 0.05) is 11.8 Å². The molecule has 0 aromatic rings. The first-order chi connectivity index (χ1) is 5.80. The van der Waals surface area contributed by atoms with Crippen LogP contribution in [0, 0.1) is 17.3 Å². The predicted molar refractivity (Wildman–Crippen MR) is 51.3 cm³/mol. The maximum atomic E-state index is 11.6. The van der Waals surface area contributed by atoms with Crippen LogP contribution in [0.25, 0.3) is 0 Å². The van der Waals surface area contributed by atoms with E-state index in [9.17, 15) is 9.59 Å². The molecule has 0 spiro atoms. The summed E-state index contributed by atoms with van der Waals surface area (Å²) in [6.45, 7) is 11.2. The minimum atomic E-state index is -0.241. The van der Waals surface area contributed by atoms with Crippen LogP contribution >= 0.6 is 0 Å². The molecule has 2 unspecified atom stereocenters. The van der Waals surface area contributed by atoms with Gasteiger partial charge >= 0.3 is 0 Å². The maximum absolute atomic E-state index is 11.6. The molecule has 13 heavy (non-hydrogen) atoms. The maximum Gasteiger partial charge on any atom is 0.169 e. The number of carbonyl (C=O) groups excluding carboxylic acids is 2. The first kappa shape index (κ1) is 10.2. The Bertz CT molecular complexity index is 260. The minimum Gasteiger partial charge on any atom is -0.294 e. The zero-order chi connectivity index (χ0) is 10.4. The van der Waals surface area contributed by atoms with E-state index in [-0.39, 0.29) is 34.4 Å². The molecule has 1 fully saturated rings. The second-order valence-corrected chi connectivity index (χ2v) is 4.47. The van der Waals surface area contributed by atoms with Gasteiger partial charge in [-0.15, -0.1) is 0 Å². The molecule has 0 heterocycles. The van der Waals surface area contributed by atoms with Crippen molar-refractivity contribution in [3.63, 3.8) is 0 Å². The smallest absolute Gasteiger partial charge is 0.169 e. The molecule has 0 aliphatic heterocycles. The van der Waals surface area contributed by atoms with Crippen LogP contribution in [0.2, 0.25) is 0 Å². The largest absolute Gasteiger partial charge is 0.294 e. The Morgan fingerprint density at radius 2 is 1.38 bits per heavy atom. The topological polar surface area (TPSA) is 34.1 Å². The summed E-state index contributed by atoms with van der Waals surface area (Å²) in [5.41, 5.74) is -0.0608. The summed E-state index contributed by atoms with van der Waals surface area (Å²) in [5, 5.41) is 0. The molecule has 1 saturated carbocycles. The van der Waals surface area contributed by atoms with Crippen LogP contribution in [0.5, 0.6) is 0 Å². The summed E-state index contributed by atoms with van der Waals surface area (Å²) in [4.78, 5) is 23.2. The number of hydrogen-bond acceptors (Lipinski definition) is 2. The highest BCUT2D eigenvalue weighted by molar-refractivity contribution is 6.23. The molecule has 1 aliphatic carbocycles. The fraction of sp³-hybridized carbons (Fsp3) is 0.636. The van der Waals surface area contributed by atoms with E-state index in [0.717, 1.165) is 0 Å². The summed E-state index contributed by atoms with van der Waals surface area (Å²) < 4.78 is 0. The number of hydrogen-bond donors (Lipinski definition) is 0. The van der Waals surface area contributed by atoms with E-state index in [0.29, 0.717) is 0 Å². The van der Waals surface area contributed by atoms with Crippen molar-refractivity contribution >= 4 is 11.6 Å². The molecule has 0 N–H and O–H groups in total. The van der Waals surface area contributed by atoms with Gasteiger partial charge in [0.05, 0.1) is 5.57 Å². The Kier molecular flexibility index (Phi) is 2.18. The first-order valence-corrected chi connectivity index (χ1v) is 4.57. The van der Waals surface area contributed by atoms with Gasteiger partial charge in [-0.2, -0.15) is 0 Å². The van der Waals surface area contributed by atoms with E-state index in [2.05, 4.69) is 6.58 Å². The summed E-state index contributed by atoms with van der Waals surface area (Å²) in [6, 6.07) is 0. The van der Waals surface area contributed by atoms with Crippen molar-refractivity contribution in [1.29, 1.82) is 0 Å². The van der Waals surface area contributed by atoms with Crippen LogP contribution in [0.15, 0.2) is 12.2 Å². The summed E-state index contributed by atoms with van der Waals surface area (Å²) in [5.74, 6) is -0.387. The normalized spacial score (nSPS) is 33.7. The molecule has 0 radical (unpaired) electrons. The van der Waals surface area contributed by atoms with Gasteiger partial charge in [0.1, 0.15) is 0 Å². The molecular weight excluding hydrogens is 164 g/mol. The standard InChI is InChI=1S/C11H16O2/c1-6-9(12)7(2)11(4,5)8(3)10(6)13/h7-8H,1H2,2-5H3. The van der Waals surface area contributed by atoms with Crippen LogP contribution < -0.4 is 0 Å². The van der Waals surface area contributed by atoms with Gasteiger partial charge < -0.3 is 0 Å². The van der Waals surface area contributed by atoms with Crippen molar-refractivity contribution < 1.29 is 9.59 Å². The van der Waals surface area contributed by atoms with E-state index in [1.807, 2.05) is 27.7 Å². The molecule has 0 saturated heterocycles. The minimum absolute atomic E-state index is 0.0897. The lowest BCUT2D eigenvalue weighted by Crippen LogP contribution is -2.45. The van der Waals surface area contributed by atoms with Gasteiger partial charge in [-0.25, -0.2) is 0 Å². The van der Waals surface area contributed by atoms with Crippen LogP contribution in [-0.2, 0) is 9.59 Å². The van der Waals surface area contributed by atoms with Crippen molar-refractivity contribution in [2.75, 3.05) is 0 Å². The van der Waals surface area contributed by atoms with Crippen molar-refractivity contribution in [3.05, 3.63) is 12.2 Å². The van der Waals surface area contributed by atoms with Gasteiger partial charge in [-0.1, -0.05) is 34.3 Å². The van der Waals surface area contributed by atoms with Gasteiger partial charge in [0.25, 0.3) is 0 Å².